The van der Waals surface area contributed by atoms with Crippen molar-refractivity contribution in [1.29, 1.82) is 5.26 Å². The van der Waals surface area contributed by atoms with E-state index in [4.69, 9.17) is 17.5 Å². The van der Waals surface area contributed by atoms with Crippen LogP contribution >= 0.6 is 12.2 Å². The van der Waals surface area contributed by atoms with E-state index < -0.39 is 0 Å². The van der Waals surface area contributed by atoms with E-state index in [0.717, 1.165) is 21.9 Å². The smallest absolute Gasteiger partial charge is 0.230 e. The number of hydrogen-bond acceptors (Lipinski definition) is 3. The van der Waals surface area contributed by atoms with E-state index >= 15 is 0 Å². The number of nitrogens with one attached hydrogen (secondary N) is 1. The van der Waals surface area contributed by atoms with Crippen LogP contribution in [0.15, 0.2) is 72.8 Å². The number of nitrogens with zero attached hydrogens (tertiary/aromatic N) is 2. The number of fused-ring (bicyclic) bond motifs is 1. The van der Waals surface area contributed by atoms with Gasteiger partial charge < -0.3 is 10.2 Å². The van der Waals surface area contributed by atoms with Gasteiger partial charge in [0.25, 0.3) is 0 Å². The minimum Gasteiger partial charge on any atom is -0.344 e. The van der Waals surface area contributed by atoms with Crippen molar-refractivity contribution in [2.45, 2.75) is 19.4 Å². The number of rotatable bonds is 6. The Labute approximate surface area is 170 Å². The molecule has 0 saturated carbocycles. The van der Waals surface area contributed by atoms with Crippen molar-refractivity contribution in [2.24, 2.45) is 0 Å². The predicted molar refractivity (Wildman–Crippen MR) is 115 cm³/mol. The van der Waals surface area contributed by atoms with Crippen molar-refractivity contribution < 1.29 is 4.79 Å². The molecule has 3 aromatic carbocycles. The van der Waals surface area contributed by atoms with E-state index in [1.54, 1.807) is 0 Å². The van der Waals surface area contributed by atoms with Crippen LogP contribution < -0.4 is 5.32 Å². The maximum atomic E-state index is 12.6. The van der Waals surface area contributed by atoms with E-state index in [2.05, 4.69) is 11.4 Å². The molecule has 1 amide bonds. The van der Waals surface area contributed by atoms with Crippen molar-refractivity contribution >= 4 is 34.0 Å². The molecule has 4 nitrogen and oxygen atoms in total. The van der Waals surface area contributed by atoms with Crippen molar-refractivity contribution in [1.82, 2.24) is 10.2 Å². The molecule has 0 aliphatic carbocycles. The fraction of sp³-hybridized carbons (Fsp3) is 0.174. The van der Waals surface area contributed by atoms with E-state index in [1.807, 2.05) is 77.7 Å². The molecular weight excluding hydrogens is 366 g/mol. The molecule has 140 valence electrons. The van der Waals surface area contributed by atoms with Crippen molar-refractivity contribution in [2.75, 3.05) is 6.54 Å². The highest BCUT2D eigenvalue weighted by Crippen LogP contribution is 2.19. The van der Waals surface area contributed by atoms with Gasteiger partial charge in [-0.1, -0.05) is 72.8 Å². The lowest BCUT2D eigenvalue weighted by Crippen LogP contribution is -2.43. The summed E-state index contributed by atoms with van der Waals surface area (Å²) < 4.78 is 0. The summed E-state index contributed by atoms with van der Waals surface area (Å²) in [5, 5.41) is 14.3. The van der Waals surface area contributed by atoms with Gasteiger partial charge in [-0.2, -0.15) is 5.26 Å². The molecule has 0 fully saturated rings. The highest BCUT2D eigenvalue weighted by atomic mass is 32.1. The summed E-state index contributed by atoms with van der Waals surface area (Å²) in [6, 6.07) is 26.0. The first-order valence-corrected chi connectivity index (χ1v) is 9.54. The number of carbonyl (C=O) groups excluding carboxylic acids is 1. The Morgan fingerprint density at radius 1 is 1.00 bits per heavy atom. The molecule has 0 bridgehead atoms. The monoisotopic (exact) mass is 387 g/mol. The van der Waals surface area contributed by atoms with E-state index in [-0.39, 0.29) is 12.3 Å². The zero-order valence-electron chi connectivity index (χ0n) is 15.5. The third-order valence-electron chi connectivity index (χ3n) is 4.47. The van der Waals surface area contributed by atoms with Gasteiger partial charge in [0.2, 0.25) is 5.91 Å². The lowest BCUT2D eigenvalue weighted by atomic mass is 10.0. The number of hydrogen-bond donors (Lipinski definition) is 1. The number of thiocarbonyl (C=S) groups is 1. The van der Waals surface area contributed by atoms with E-state index in [1.165, 1.54) is 0 Å². The standard InChI is InChI=1S/C23H21N3OS/c24-14-7-15-26(17-18-8-2-1-3-9-18)23(28)25-22(27)16-20-12-6-11-19-10-4-5-13-21(19)20/h1-6,8-13H,7,15-17H2,(H,25,27,28). The average Bonchev–Trinajstić information content (AvgIpc) is 2.72. The third kappa shape index (κ3) is 5.15. The second-order valence-corrected chi connectivity index (χ2v) is 6.87. The maximum absolute atomic E-state index is 12.6. The second kappa shape index (κ2) is 9.63. The quantitative estimate of drug-likeness (QED) is 0.644. The normalized spacial score (nSPS) is 10.2. The molecule has 0 unspecified atom stereocenters. The first kappa shape index (κ1) is 19.5. The Kier molecular flexibility index (Phi) is 6.72. The van der Waals surface area contributed by atoms with Gasteiger partial charge in [0, 0.05) is 13.1 Å². The molecule has 0 saturated heterocycles. The molecule has 3 aromatic rings. The zero-order chi connectivity index (χ0) is 19.8. The average molecular weight is 388 g/mol. The molecule has 0 aliphatic heterocycles. The van der Waals surface area contributed by atoms with Crippen LogP contribution in [0.3, 0.4) is 0 Å². The molecule has 0 radical (unpaired) electrons. The highest BCUT2D eigenvalue weighted by molar-refractivity contribution is 7.80. The Balaban J connectivity index is 1.68. The summed E-state index contributed by atoms with van der Waals surface area (Å²) in [4.78, 5) is 14.5. The SMILES string of the molecule is N#CCCN(Cc1ccccc1)C(=S)NC(=O)Cc1cccc2ccccc12. The van der Waals surface area contributed by atoms with Gasteiger partial charge in [0.15, 0.2) is 5.11 Å². The molecule has 5 heteroatoms. The predicted octanol–water partition coefficient (Wildman–Crippen LogP) is 4.20. The Bertz CT molecular complexity index is 1010. The van der Waals surface area contributed by atoms with Crippen LogP contribution in [0.5, 0.6) is 0 Å². The molecule has 0 aliphatic rings. The van der Waals surface area contributed by atoms with Crippen LogP contribution in [0.4, 0.5) is 0 Å². The second-order valence-electron chi connectivity index (χ2n) is 6.48. The zero-order valence-corrected chi connectivity index (χ0v) is 16.3. The molecule has 1 N–H and O–H groups in total. The first-order valence-electron chi connectivity index (χ1n) is 9.13. The van der Waals surface area contributed by atoms with Gasteiger partial charge in [-0.25, -0.2) is 0 Å². The molecular formula is C23H21N3OS. The fourth-order valence-corrected chi connectivity index (χ4v) is 3.37. The first-order chi connectivity index (χ1) is 13.7. The summed E-state index contributed by atoms with van der Waals surface area (Å²) in [6.07, 6.45) is 0.588. The number of nitriles is 1. The minimum absolute atomic E-state index is 0.156. The number of benzene rings is 3. The minimum atomic E-state index is -0.156. The molecule has 28 heavy (non-hydrogen) atoms. The van der Waals surface area contributed by atoms with Gasteiger partial charge >= 0.3 is 0 Å². The van der Waals surface area contributed by atoms with Crippen LogP contribution in [-0.2, 0) is 17.8 Å². The topological polar surface area (TPSA) is 56.1 Å². The Hall–Kier alpha value is -3.23. The van der Waals surface area contributed by atoms with Crippen LogP contribution in [0.25, 0.3) is 10.8 Å². The summed E-state index contributed by atoms with van der Waals surface area (Å²) >= 11 is 5.46. The Morgan fingerprint density at radius 2 is 1.71 bits per heavy atom. The lowest BCUT2D eigenvalue weighted by molar-refractivity contribution is -0.119. The molecule has 0 heterocycles. The number of carbonyl (C=O) groups is 1. The van der Waals surface area contributed by atoms with Gasteiger partial charge in [-0.05, 0) is 34.1 Å². The van der Waals surface area contributed by atoms with Gasteiger partial charge in [-0.15, -0.1) is 0 Å². The van der Waals surface area contributed by atoms with Crippen molar-refractivity contribution in [3.8, 4) is 6.07 Å². The van der Waals surface area contributed by atoms with Crippen molar-refractivity contribution in [3.63, 3.8) is 0 Å². The fourth-order valence-electron chi connectivity index (χ4n) is 3.10. The summed E-state index contributed by atoms with van der Waals surface area (Å²) in [5.41, 5.74) is 2.04. The lowest BCUT2D eigenvalue weighted by Gasteiger charge is -2.24. The summed E-state index contributed by atoms with van der Waals surface area (Å²) in [6.45, 7) is 1.02. The molecule has 0 atom stereocenters. The van der Waals surface area contributed by atoms with Gasteiger partial charge in [-0.3, -0.25) is 4.79 Å². The molecule has 0 spiro atoms. The number of amides is 1. The van der Waals surface area contributed by atoms with Crippen molar-refractivity contribution in [3.05, 3.63) is 83.9 Å². The van der Waals surface area contributed by atoms with E-state index in [9.17, 15) is 4.79 Å². The van der Waals surface area contributed by atoms with Crippen LogP contribution in [0.1, 0.15) is 17.5 Å². The van der Waals surface area contributed by atoms with Crippen LogP contribution in [0, 0.1) is 11.3 Å². The summed E-state index contributed by atoms with van der Waals surface area (Å²) in [7, 11) is 0. The summed E-state index contributed by atoms with van der Waals surface area (Å²) in [5.74, 6) is -0.156. The van der Waals surface area contributed by atoms with Crippen LogP contribution in [-0.4, -0.2) is 22.5 Å². The maximum Gasteiger partial charge on any atom is 0.230 e. The van der Waals surface area contributed by atoms with Gasteiger partial charge in [0.1, 0.15) is 0 Å². The molecule has 3 rings (SSSR count). The van der Waals surface area contributed by atoms with Crippen LogP contribution in [0.2, 0.25) is 0 Å². The highest BCUT2D eigenvalue weighted by Gasteiger charge is 2.14. The molecule has 0 aromatic heterocycles. The largest absolute Gasteiger partial charge is 0.344 e. The third-order valence-corrected chi connectivity index (χ3v) is 4.83. The van der Waals surface area contributed by atoms with Gasteiger partial charge in [0.05, 0.1) is 18.9 Å². The Morgan fingerprint density at radius 3 is 2.50 bits per heavy atom. The van der Waals surface area contributed by atoms with E-state index in [0.29, 0.717) is 24.6 Å².